The summed E-state index contributed by atoms with van der Waals surface area (Å²) in [5.41, 5.74) is 8.43. The van der Waals surface area contributed by atoms with E-state index >= 15 is 0 Å². The molecule has 2 heterocycles. The standard InChI is InChI=1S/C14H24N6/c1-5-11-6-13(19(4)18-11)12(15)7-14-16-9-17-20(14)8-10(2)3/h6,9-10,12H,5,7-8,15H2,1-4H3. The van der Waals surface area contributed by atoms with Crippen LogP contribution < -0.4 is 5.73 Å². The SMILES string of the molecule is CCc1cc(C(N)Cc2ncnn2CC(C)C)n(C)n1. The lowest BCUT2D eigenvalue weighted by Crippen LogP contribution is -2.20. The summed E-state index contributed by atoms with van der Waals surface area (Å²) < 4.78 is 3.81. The van der Waals surface area contributed by atoms with Gasteiger partial charge in [-0.1, -0.05) is 20.8 Å². The quantitative estimate of drug-likeness (QED) is 0.867. The van der Waals surface area contributed by atoms with Crippen molar-refractivity contribution in [2.24, 2.45) is 18.7 Å². The highest BCUT2D eigenvalue weighted by Gasteiger charge is 2.16. The molecule has 0 aromatic carbocycles. The van der Waals surface area contributed by atoms with Gasteiger partial charge in [-0.05, 0) is 18.4 Å². The van der Waals surface area contributed by atoms with Gasteiger partial charge in [-0.2, -0.15) is 10.2 Å². The van der Waals surface area contributed by atoms with Gasteiger partial charge in [-0.3, -0.25) is 4.68 Å². The maximum atomic E-state index is 6.31. The second-order valence-electron chi connectivity index (χ2n) is 5.60. The second kappa shape index (κ2) is 6.17. The lowest BCUT2D eigenvalue weighted by molar-refractivity contribution is 0.456. The summed E-state index contributed by atoms with van der Waals surface area (Å²) in [6.45, 7) is 7.30. The van der Waals surface area contributed by atoms with Gasteiger partial charge in [0.15, 0.2) is 0 Å². The van der Waals surface area contributed by atoms with Crippen LogP contribution in [0.2, 0.25) is 0 Å². The van der Waals surface area contributed by atoms with Crippen LogP contribution in [-0.2, 0) is 26.4 Å². The van der Waals surface area contributed by atoms with Gasteiger partial charge < -0.3 is 5.73 Å². The molecule has 1 unspecified atom stereocenters. The molecule has 2 aromatic rings. The van der Waals surface area contributed by atoms with Crippen molar-refractivity contribution in [3.63, 3.8) is 0 Å². The molecule has 0 aliphatic carbocycles. The minimum absolute atomic E-state index is 0.108. The third kappa shape index (κ3) is 3.25. The lowest BCUT2D eigenvalue weighted by atomic mass is 10.1. The van der Waals surface area contributed by atoms with E-state index in [0.29, 0.717) is 12.3 Å². The molecule has 2 N–H and O–H groups in total. The summed E-state index contributed by atoms with van der Waals surface area (Å²) in [5.74, 6) is 1.47. The molecule has 0 radical (unpaired) electrons. The van der Waals surface area contributed by atoms with E-state index in [2.05, 4.69) is 42.0 Å². The topological polar surface area (TPSA) is 74.5 Å². The summed E-state index contributed by atoms with van der Waals surface area (Å²) in [6, 6.07) is 1.97. The van der Waals surface area contributed by atoms with Gasteiger partial charge in [-0.25, -0.2) is 9.67 Å². The van der Waals surface area contributed by atoms with Crippen LogP contribution in [0.5, 0.6) is 0 Å². The number of rotatable bonds is 6. The first kappa shape index (κ1) is 14.7. The van der Waals surface area contributed by atoms with Crippen LogP contribution in [0, 0.1) is 5.92 Å². The first-order chi connectivity index (χ1) is 9.51. The van der Waals surface area contributed by atoms with E-state index in [-0.39, 0.29) is 6.04 Å². The molecule has 2 aromatic heterocycles. The molecule has 110 valence electrons. The molecule has 0 aliphatic heterocycles. The number of aromatic nitrogens is 5. The Morgan fingerprint density at radius 1 is 1.35 bits per heavy atom. The van der Waals surface area contributed by atoms with E-state index in [4.69, 9.17) is 5.73 Å². The number of nitrogens with zero attached hydrogens (tertiary/aromatic N) is 5. The maximum Gasteiger partial charge on any atom is 0.138 e. The van der Waals surface area contributed by atoms with Crippen molar-refractivity contribution in [3.8, 4) is 0 Å². The Kier molecular flexibility index (Phi) is 4.54. The molecule has 20 heavy (non-hydrogen) atoms. The minimum atomic E-state index is -0.108. The van der Waals surface area contributed by atoms with Gasteiger partial charge in [0.1, 0.15) is 12.2 Å². The van der Waals surface area contributed by atoms with E-state index < -0.39 is 0 Å². The fourth-order valence-electron chi connectivity index (χ4n) is 2.31. The average Bonchev–Trinajstić information content (AvgIpc) is 2.96. The second-order valence-corrected chi connectivity index (χ2v) is 5.60. The summed E-state index contributed by atoms with van der Waals surface area (Å²) in [6.07, 6.45) is 3.20. The number of aryl methyl sites for hydroxylation is 2. The van der Waals surface area contributed by atoms with Gasteiger partial charge >= 0.3 is 0 Å². The highest BCUT2D eigenvalue weighted by atomic mass is 15.3. The van der Waals surface area contributed by atoms with Crippen LogP contribution in [-0.4, -0.2) is 24.5 Å². The largest absolute Gasteiger partial charge is 0.322 e. The predicted octanol–water partition coefficient (Wildman–Crippen LogP) is 1.47. The zero-order valence-electron chi connectivity index (χ0n) is 12.7. The molecule has 0 fully saturated rings. The van der Waals surface area contributed by atoms with Crippen LogP contribution in [0.25, 0.3) is 0 Å². The van der Waals surface area contributed by atoms with E-state index in [1.54, 1.807) is 6.33 Å². The van der Waals surface area contributed by atoms with Gasteiger partial charge in [-0.15, -0.1) is 0 Å². The Balaban J connectivity index is 2.13. The van der Waals surface area contributed by atoms with E-state index in [0.717, 1.165) is 30.2 Å². The highest BCUT2D eigenvalue weighted by Crippen LogP contribution is 2.16. The molecule has 0 aliphatic rings. The maximum absolute atomic E-state index is 6.31. The zero-order chi connectivity index (χ0) is 14.7. The van der Waals surface area contributed by atoms with Gasteiger partial charge in [0.2, 0.25) is 0 Å². The summed E-state index contributed by atoms with van der Waals surface area (Å²) in [4.78, 5) is 4.33. The Labute approximate surface area is 120 Å². The van der Waals surface area contributed by atoms with Crippen LogP contribution in [0.3, 0.4) is 0 Å². The van der Waals surface area contributed by atoms with Crippen molar-refractivity contribution in [1.29, 1.82) is 0 Å². The molecule has 0 amide bonds. The number of hydrogen-bond donors (Lipinski definition) is 1. The lowest BCUT2D eigenvalue weighted by Gasteiger charge is -2.13. The normalized spacial score (nSPS) is 13.1. The van der Waals surface area contributed by atoms with Crippen molar-refractivity contribution in [1.82, 2.24) is 24.5 Å². The van der Waals surface area contributed by atoms with Crippen LogP contribution >= 0.6 is 0 Å². The Bertz CT molecular complexity index is 554. The molecule has 0 bridgehead atoms. The van der Waals surface area contributed by atoms with Crippen molar-refractivity contribution < 1.29 is 0 Å². The molecule has 0 saturated heterocycles. The van der Waals surface area contributed by atoms with Crippen molar-refractivity contribution >= 4 is 0 Å². The molecular weight excluding hydrogens is 252 g/mol. The third-order valence-corrected chi connectivity index (χ3v) is 3.35. The van der Waals surface area contributed by atoms with Gasteiger partial charge in [0.25, 0.3) is 0 Å². The molecule has 6 nitrogen and oxygen atoms in total. The molecular formula is C14H24N6. The van der Waals surface area contributed by atoms with Crippen LogP contribution in [0.4, 0.5) is 0 Å². The van der Waals surface area contributed by atoms with E-state index in [1.807, 2.05) is 16.4 Å². The van der Waals surface area contributed by atoms with Crippen LogP contribution in [0.1, 0.15) is 44.0 Å². The van der Waals surface area contributed by atoms with E-state index in [9.17, 15) is 0 Å². The Morgan fingerprint density at radius 3 is 2.70 bits per heavy atom. The first-order valence-electron chi connectivity index (χ1n) is 7.16. The summed E-state index contributed by atoms with van der Waals surface area (Å²) in [5, 5.41) is 8.72. The van der Waals surface area contributed by atoms with Crippen molar-refractivity contribution in [3.05, 3.63) is 29.6 Å². The monoisotopic (exact) mass is 276 g/mol. The van der Waals surface area contributed by atoms with E-state index in [1.165, 1.54) is 0 Å². The van der Waals surface area contributed by atoms with Crippen molar-refractivity contribution in [2.75, 3.05) is 0 Å². The summed E-state index contributed by atoms with van der Waals surface area (Å²) >= 11 is 0. The fourth-order valence-corrected chi connectivity index (χ4v) is 2.31. The van der Waals surface area contributed by atoms with Crippen LogP contribution in [0.15, 0.2) is 12.4 Å². The zero-order valence-corrected chi connectivity index (χ0v) is 12.7. The highest BCUT2D eigenvalue weighted by molar-refractivity contribution is 5.15. The molecule has 0 spiro atoms. The van der Waals surface area contributed by atoms with Gasteiger partial charge in [0.05, 0.1) is 17.4 Å². The Hall–Kier alpha value is -1.69. The molecule has 0 saturated carbocycles. The third-order valence-electron chi connectivity index (χ3n) is 3.35. The first-order valence-corrected chi connectivity index (χ1v) is 7.16. The molecule has 6 heteroatoms. The smallest absolute Gasteiger partial charge is 0.138 e. The van der Waals surface area contributed by atoms with Gasteiger partial charge in [0, 0.05) is 20.0 Å². The summed E-state index contributed by atoms with van der Waals surface area (Å²) in [7, 11) is 1.94. The van der Waals surface area contributed by atoms with Crippen molar-refractivity contribution in [2.45, 2.75) is 46.2 Å². The number of hydrogen-bond acceptors (Lipinski definition) is 4. The predicted molar refractivity (Wildman–Crippen MR) is 78.1 cm³/mol. The number of nitrogens with two attached hydrogens (primary N) is 1. The molecule has 2 rings (SSSR count). The fraction of sp³-hybridized carbons (Fsp3) is 0.643. The Morgan fingerprint density at radius 2 is 2.10 bits per heavy atom. The average molecular weight is 276 g/mol. The minimum Gasteiger partial charge on any atom is -0.322 e. The molecule has 1 atom stereocenters.